The van der Waals surface area contributed by atoms with E-state index in [0.717, 1.165) is 25.4 Å². The normalized spacial score (nSPS) is 12.6. The third-order valence-electron chi connectivity index (χ3n) is 6.20. The molecule has 0 spiro atoms. The molecule has 0 N–H and O–H groups in total. The number of halogens is 2. The van der Waals surface area contributed by atoms with E-state index in [1.165, 1.54) is 22.0 Å². The summed E-state index contributed by atoms with van der Waals surface area (Å²) in [5.41, 5.74) is 0. The van der Waals surface area contributed by atoms with Gasteiger partial charge in [-0.15, -0.1) is 0 Å². The van der Waals surface area contributed by atoms with Gasteiger partial charge in [0.1, 0.15) is 0 Å². The molecule has 4 rings (SSSR count). The molecule has 0 radical (unpaired) electrons. The average Bonchev–Trinajstić information content (AvgIpc) is 2.88. The van der Waals surface area contributed by atoms with Crippen LogP contribution in [0.1, 0.15) is 19.3 Å². The Hall–Kier alpha value is -2.48. The zero-order valence-corrected chi connectivity index (χ0v) is 21.1. The van der Waals surface area contributed by atoms with Crippen molar-refractivity contribution in [2.24, 2.45) is 0 Å². The Morgan fingerprint density at radius 3 is 1.52 bits per heavy atom. The van der Waals surface area contributed by atoms with Gasteiger partial charge in [0.15, 0.2) is 0 Å². The summed E-state index contributed by atoms with van der Waals surface area (Å²) in [7, 11) is 0. The van der Waals surface area contributed by atoms with Crippen LogP contribution in [0.15, 0.2) is 115 Å². The number of hydrogen-bond donors (Lipinski definition) is 0. The van der Waals surface area contributed by atoms with Crippen molar-refractivity contribution in [3.8, 4) is 5.75 Å². The fourth-order valence-corrected chi connectivity index (χ4v) is 12.2. The number of benzene rings is 4. The van der Waals surface area contributed by atoms with Crippen LogP contribution in [0, 0.1) is 5.82 Å². The number of ether oxygens (including phenoxy) is 1. The second kappa shape index (κ2) is 10.6. The minimum atomic E-state index is -2.86. The molecule has 170 valence electrons. The summed E-state index contributed by atoms with van der Waals surface area (Å²) in [4.78, 5) is 0. The zero-order chi connectivity index (χ0) is 23.0. The molecular formula is C29H29BrFOP. The molecule has 0 saturated heterocycles. The first-order valence-corrected chi connectivity index (χ1v) is 15.8. The molecule has 33 heavy (non-hydrogen) atoms. The fourth-order valence-electron chi connectivity index (χ4n) is 4.48. The summed E-state index contributed by atoms with van der Waals surface area (Å²) in [5.74, 6) is 0.0237. The second-order valence-electron chi connectivity index (χ2n) is 8.25. The van der Waals surface area contributed by atoms with E-state index in [4.69, 9.17) is 4.74 Å². The van der Waals surface area contributed by atoms with Crippen LogP contribution in [0.4, 0.5) is 4.39 Å². The van der Waals surface area contributed by atoms with Gasteiger partial charge in [0.05, 0.1) is 0 Å². The summed E-state index contributed by atoms with van der Waals surface area (Å²) >= 11 is 4.48. The van der Waals surface area contributed by atoms with Crippen LogP contribution in [0.25, 0.3) is 0 Å². The van der Waals surface area contributed by atoms with Crippen LogP contribution in [0.2, 0.25) is 0 Å². The Morgan fingerprint density at radius 2 is 1.03 bits per heavy atom. The third-order valence-corrected chi connectivity index (χ3v) is 16.2. The van der Waals surface area contributed by atoms with Crippen molar-refractivity contribution in [1.82, 2.24) is 0 Å². The summed E-state index contributed by atoms with van der Waals surface area (Å²) < 4.78 is 19.5. The molecule has 0 aliphatic heterocycles. The van der Waals surface area contributed by atoms with E-state index in [-0.39, 0.29) is 5.82 Å². The first kappa shape index (κ1) is 23.7. The number of para-hydroxylation sites is 1. The quantitative estimate of drug-likeness (QED) is 0.158. The van der Waals surface area contributed by atoms with Gasteiger partial charge in [-0.3, -0.25) is 0 Å². The number of rotatable bonds is 10. The van der Waals surface area contributed by atoms with Crippen LogP contribution in [0.5, 0.6) is 5.75 Å². The molecule has 1 nitrogen and oxygen atoms in total. The van der Waals surface area contributed by atoms with E-state index in [1.807, 2.05) is 0 Å². The average molecular weight is 523 g/mol. The van der Waals surface area contributed by atoms with E-state index < -0.39 is 5.31 Å². The van der Waals surface area contributed by atoms with Crippen molar-refractivity contribution in [2.45, 2.75) is 19.3 Å². The first-order chi connectivity index (χ1) is 16.1. The van der Waals surface area contributed by atoms with Crippen LogP contribution in [-0.2, 0) is 0 Å². The summed E-state index contributed by atoms with van der Waals surface area (Å²) in [6, 6.07) is 39.2. The van der Waals surface area contributed by atoms with Gasteiger partial charge >= 0.3 is 205 Å². The predicted octanol–water partition coefficient (Wildman–Crippen LogP) is 7.21. The number of hydrogen-bond acceptors (Lipinski definition) is 1. The van der Waals surface area contributed by atoms with E-state index in [2.05, 4.69) is 106 Å². The molecule has 0 atom stereocenters. The molecule has 0 fully saturated rings. The Kier molecular flexibility index (Phi) is 7.63. The Balaban J connectivity index is 1.59. The molecule has 0 heterocycles. The Morgan fingerprint density at radius 1 is 0.576 bits per heavy atom. The van der Waals surface area contributed by atoms with Crippen LogP contribution in [-0.4, -0.2) is 12.8 Å². The van der Waals surface area contributed by atoms with Crippen LogP contribution < -0.4 is 20.7 Å². The molecule has 4 aromatic carbocycles. The van der Waals surface area contributed by atoms with Crippen LogP contribution >= 0.6 is 20.8 Å². The molecule has 0 aliphatic rings. The van der Waals surface area contributed by atoms with Gasteiger partial charge in [-0.05, 0) is 0 Å². The van der Waals surface area contributed by atoms with Gasteiger partial charge in [0, 0.05) is 0 Å². The van der Waals surface area contributed by atoms with Gasteiger partial charge < -0.3 is 0 Å². The maximum absolute atomic E-state index is 13.8. The first-order valence-electron chi connectivity index (χ1n) is 11.4. The molecule has 0 unspecified atom stereocenters. The molecule has 0 saturated carbocycles. The summed E-state index contributed by atoms with van der Waals surface area (Å²) in [6.45, 7) is 0.515. The zero-order valence-electron chi connectivity index (χ0n) is 18.6. The SMILES string of the molecule is Fc1ccccc1OCCCCCP(Br)(c1ccccc1)(c1ccccc1)c1ccccc1. The Bertz CT molecular complexity index is 1050. The van der Waals surface area contributed by atoms with E-state index >= 15 is 0 Å². The molecule has 0 aromatic heterocycles. The molecule has 0 aliphatic carbocycles. The molecular weight excluding hydrogens is 494 g/mol. The molecule has 4 heteroatoms. The van der Waals surface area contributed by atoms with Crippen molar-refractivity contribution in [2.75, 3.05) is 12.8 Å². The van der Waals surface area contributed by atoms with Gasteiger partial charge in [0.2, 0.25) is 0 Å². The van der Waals surface area contributed by atoms with Gasteiger partial charge in [-0.1, -0.05) is 0 Å². The van der Waals surface area contributed by atoms with Crippen molar-refractivity contribution in [3.05, 3.63) is 121 Å². The van der Waals surface area contributed by atoms with Gasteiger partial charge in [-0.25, -0.2) is 0 Å². The van der Waals surface area contributed by atoms with Gasteiger partial charge in [0.25, 0.3) is 0 Å². The second-order valence-corrected chi connectivity index (χ2v) is 17.3. The number of unbranched alkanes of at least 4 members (excludes halogenated alkanes) is 2. The Labute approximate surface area is 204 Å². The molecule has 0 amide bonds. The molecule has 4 aromatic rings. The summed E-state index contributed by atoms with van der Waals surface area (Å²) in [6.07, 6.45) is 3.92. The van der Waals surface area contributed by atoms with Crippen LogP contribution in [0.3, 0.4) is 0 Å². The van der Waals surface area contributed by atoms with Crippen molar-refractivity contribution in [1.29, 1.82) is 0 Å². The standard InChI is InChI=1S/C29H29BrFOP/c30-33(25-15-5-1-6-16-25,26-17-7-2-8-18-26,27-19-9-3-10-20-27)24-14-4-13-23-32-29-22-12-11-21-28(29)31/h1-3,5-12,15-22H,4,13-14,23-24H2. The van der Waals surface area contributed by atoms with Crippen molar-refractivity contribution >= 4 is 36.7 Å². The van der Waals surface area contributed by atoms with Gasteiger partial charge in [-0.2, -0.15) is 0 Å². The maximum atomic E-state index is 13.8. The monoisotopic (exact) mass is 522 g/mol. The van der Waals surface area contributed by atoms with Crippen molar-refractivity contribution < 1.29 is 9.13 Å². The predicted molar refractivity (Wildman–Crippen MR) is 145 cm³/mol. The minimum absolute atomic E-state index is 0.305. The third kappa shape index (κ3) is 4.90. The van der Waals surface area contributed by atoms with E-state index in [0.29, 0.717) is 12.4 Å². The van der Waals surface area contributed by atoms with E-state index in [9.17, 15) is 4.39 Å². The fraction of sp³-hybridized carbons (Fsp3) is 0.172. The summed E-state index contributed by atoms with van der Waals surface area (Å²) in [5, 5.41) is 1.15. The topological polar surface area (TPSA) is 9.23 Å². The van der Waals surface area contributed by atoms with Crippen molar-refractivity contribution in [3.63, 3.8) is 0 Å². The van der Waals surface area contributed by atoms with E-state index in [1.54, 1.807) is 18.2 Å². The molecule has 0 bridgehead atoms.